The van der Waals surface area contributed by atoms with Crippen LogP contribution in [0.5, 0.6) is 0 Å². The predicted octanol–water partition coefficient (Wildman–Crippen LogP) is 5.04. The fraction of sp³-hybridized carbons (Fsp3) is 0. The minimum Gasteiger partial charge on any atom is -0.0905 e. The van der Waals surface area contributed by atoms with Crippen LogP contribution in [0.4, 0.5) is 0 Å². The lowest BCUT2D eigenvalue weighted by Crippen LogP contribution is -1.77. The molecule has 0 bridgehead atoms. The van der Waals surface area contributed by atoms with Crippen LogP contribution in [-0.2, 0) is 0 Å². The third-order valence-electron chi connectivity index (χ3n) is 2.90. The standard InChI is InChI=1S/C14H8Cl2/c1-8-11-4-2-9(15)6-13(11)14-7-10(16)3-5-12(8)14/h2-7H,1H2. The van der Waals surface area contributed by atoms with Gasteiger partial charge in [-0.05, 0) is 52.1 Å². The van der Waals surface area contributed by atoms with Gasteiger partial charge in [-0.25, -0.2) is 0 Å². The number of hydrogen-bond acceptors (Lipinski definition) is 0. The van der Waals surface area contributed by atoms with E-state index in [2.05, 4.69) is 6.58 Å². The summed E-state index contributed by atoms with van der Waals surface area (Å²) < 4.78 is 0. The SMILES string of the molecule is C=C1c2ccc(Cl)cc2-c2cc(Cl)ccc21. The quantitative estimate of drug-likeness (QED) is 0.522. The summed E-state index contributed by atoms with van der Waals surface area (Å²) in [5.41, 5.74) is 5.56. The van der Waals surface area contributed by atoms with Gasteiger partial charge in [0.15, 0.2) is 0 Å². The maximum Gasteiger partial charge on any atom is 0.0412 e. The molecule has 0 spiro atoms. The molecule has 0 fully saturated rings. The molecule has 0 saturated heterocycles. The van der Waals surface area contributed by atoms with E-state index in [1.807, 2.05) is 36.4 Å². The van der Waals surface area contributed by atoms with Crippen LogP contribution in [0.2, 0.25) is 10.0 Å². The Balaban J connectivity index is 2.37. The molecule has 0 N–H and O–H groups in total. The molecule has 0 amide bonds. The van der Waals surface area contributed by atoms with Gasteiger partial charge in [0.2, 0.25) is 0 Å². The molecular weight excluding hydrogens is 239 g/mol. The van der Waals surface area contributed by atoms with Crippen LogP contribution in [0.3, 0.4) is 0 Å². The minimum atomic E-state index is 0.736. The molecule has 0 nitrogen and oxygen atoms in total. The first-order chi connectivity index (χ1) is 7.66. The summed E-state index contributed by atoms with van der Waals surface area (Å²) in [5, 5.41) is 1.47. The van der Waals surface area contributed by atoms with Crippen LogP contribution in [0.15, 0.2) is 43.0 Å². The normalized spacial score (nSPS) is 12.5. The summed E-state index contributed by atoms with van der Waals surface area (Å²) in [6.07, 6.45) is 0. The van der Waals surface area contributed by atoms with Gasteiger partial charge in [-0.1, -0.05) is 41.9 Å². The van der Waals surface area contributed by atoms with E-state index in [1.165, 1.54) is 0 Å². The van der Waals surface area contributed by atoms with E-state index in [0.717, 1.165) is 37.9 Å². The highest BCUT2D eigenvalue weighted by Gasteiger charge is 2.21. The van der Waals surface area contributed by atoms with Crippen LogP contribution in [0.25, 0.3) is 16.7 Å². The Morgan fingerprint density at radius 3 is 1.56 bits per heavy atom. The maximum atomic E-state index is 6.01. The summed E-state index contributed by atoms with van der Waals surface area (Å²) >= 11 is 12.0. The van der Waals surface area contributed by atoms with Gasteiger partial charge >= 0.3 is 0 Å². The summed E-state index contributed by atoms with van der Waals surface area (Å²) in [6.45, 7) is 4.11. The van der Waals surface area contributed by atoms with E-state index in [4.69, 9.17) is 23.2 Å². The first-order valence-corrected chi connectivity index (χ1v) is 5.71. The summed E-state index contributed by atoms with van der Waals surface area (Å²) in [5.74, 6) is 0. The van der Waals surface area contributed by atoms with Crippen molar-refractivity contribution in [1.82, 2.24) is 0 Å². The van der Waals surface area contributed by atoms with Gasteiger partial charge in [0.05, 0.1) is 0 Å². The van der Waals surface area contributed by atoms with Crippen molar-refractivity contribution < 1.29 is 0 Å². The smallest absolute Gasteiger partial charge is 0.0412 e. The van der Waals surface area contributed by atoms with Crippen LogP contribution in [-0.4, -0.2) is 0 Å². The topological polar surface area (TPSA) is 0 Å². The monoisotopic (exact) mass is 246 g/mol. The van der Waals surface area contributed by atoms with Gasteiger partial charge < -0.3 is 0 Å². The minimum absolute atomic E-state index is 0.736. The van der Waals surface area contributed by atoms with Crippen LogP contribution < -0.4 is 0 Å². The highest BCUT2D eigenvalue weighted by atomic mass is 35.5. The molecule has 16 heavy (non-hydrogen) atoms. The van der Waals surface area contributed by atoms with E-state index < -0.39 is 0 Å². The Kier molecular flexibility index (Phi) is 2.10. The fourth-order valence-electron chi connectivity index (χ4n) is 2.15. The van der Waals surface area contributed by atoms with Crippen LogP contribution in [0, 0.1) is 0 Å². The highest BCUT2D eigenvalue weighted by molar-refractivity contribution is 6.32. The third kappa shape index (κ3) is 1.31. The second-order valence-corrected chi connectivity index (χ2v) is 4.73. The lowest BCUT2D eigenvalue weighted by atomic mass is 10.1. The number of rotatable bonds is 0. The Morgan fingerprint density at radius 2 is 1.12 bits per heavy atom. The molecule has 2 heteroatoms. The zero-order valence-corrected chi connectivity index (χ0v) is 9.94. The van der Waals surface area contributed by atoms with Gasteiger partial charge in [-0.2, -0.15) is 0 Å². The zero-order chi connectivity index (χ0) is 11.3. The van der Waals surface area contributed by atoms with E-state index in [0.29, 0.717) is 0 Å². The molecule has 2 aromatic rings. The van der Waals surface area contributed by atoms with E-state index in [-0.39, 0.29) is 0 Å². The molecule has 0 heterocycles. The van der Waals surface area contributed by atoms with Crippen molar-refractivity contribution in [3.8, 4) is 11.1 Å². The van der Waals surface area contributed by atoms with Crippen molar-refractivity contribution in [3.63, 3.8) is 0 Å². The van der Waals surface area contributed by atoms with Crippen LogP contribution >= 0.6 is 23.2 Å². The van der Waals surface area contributed by atoms with Gasteiger partial charge in [0, 0.05) is 10.0 Å². The number of halogens is 2. The first kappa shape index (κ1) is 9.95. The van der Waals surface area contributed by atoms with Crippen molar-refractivity contribution in [2.75, 3.05) is 0 Å². The van der Waals surface area contributed by atoms with Gasteiger partial charge in [0.25, 0.3) is 0 Å². The lowest BCUT2D eigenvalue weighted by Gasteiger charge is -2.01. The molecular formula is C14H8Cl2. The van der Waals surface area contributed by atoms with E-state index >= 15 is 0 Å². The summed E-state index contributed by atoms with van der Waals surface area (Å²) in [6, 6.07) is 11.7. The van der Waals surface area contributed by atoms with Crippen molar-refractivity contribution in [1.29, 1.82) is 0 Å². The predicted molar refractivity (Wildman–Crippen MR) is 70.0 cm³/mol. The molecule has 3 rings (SSSR count). The molecule has 1 aliphatic rings. The van der Waals surface area contributed by atoms with E-state index in [1.54, 1.807) is 0 Å². The molecule has 0 aromatic heterocycles. The second-order valence-electron chi connectivity index (χ2n) is 3.86. The van der Waals surface area contributed by atoms with Crippen molar-refractivity contribution in [2.45, 2.75) is 0 Å². The van der Waals surface area contributed by atoms with Crippen LogP contribution in [0.1, 0.15) is 11.1 Å². The fourth-order valence-corrected chi connectivity index (χ4v) is 2.49. The largest absolute Gasteiger partial charge is 0.0905 e. The molecule has 0 saturated carbocycles. The Bertz CT molecular complexity index is 559. The highest BCUT2D eigenvalue weighted by Crippen LogP contribution is 2.44. The molecule has 0 aliphatic heterocycles. The molecule has 1 aliphatic carbocycles. The Hall–Kier alpha value is -1.24. The molecule has 0 unspecified atom stereocenters. The van der Waals surface area contributed by atoms with Crippen molar-refractivity contribution >= 4 is 28.8 Å². The number of hydrogen-bond donors (Lipinski definition) is 0. The number of benzene rings is 2. The summed E-state index contributed by atoms with van der Waals surface area (Å²) in [7, 11) is 0. The lowest BCUT2D eigenvalue weighted by molar-refractivity contribution is 1.64. The van der Waals surface area contributed by atoms with Gasteiger partial charge in [-0.3, -0.25) is 0 Å². The molecule has 0 radical (unpaired) electrons. The molecule has 0 atom stereocenters. The number of fused-ring (bicyclic) bond motifs is 3. The molecule has 2 aromatic carbocycles. The Labute approximate surface area is 104 Å². The average Bonchev–Trinajstić information content (AvgIpc) is 2.52. The summed E-state index contributed by atoms with van der Waals surface area (Å²) in [4.78, 5) is 0. The van der Waals surface area contributed by atoms with Gasteiger partial charge in [-0.15, -0.1) is 0 Å². The maximum absolute atomic E-state index is 6.01. The average molecular weight is 247 g/mol. The van der Waals surface area contributed by atoms with Gasteiger partial charge in [0.1, 0.15) is 0 Å². The zero-order valence-electron chi connectivity index (χ0n) is 8.43. The van der Waals surface area contributed by atoms with Crippen molar-refractivity contribution in [3.05, 3.63) is 64.1 Å². The third-order valence-corrected chi connectivity index (χ3v) is 3.37. The Morgan fingerprint density at radius 1 is 0.688 bits per heavy atom. The second kappa shape index (κ2) is 3.38. The molecule has 78 valence electrons. The first-order valence-electron chi connectivity index (χ1n) is 4.96. The van der Waals surface area contributed by atoms with E-state index in [9.17, 15) is 0 Å². The van der Waals surface area contributed by atoms with Crippen molar-refractivity contribution in [2.24, 2.45) is 0 Å².